The minimum atomic E-state index is -0.401. The molecule has 1 aliphatic heterocycles. The van der Waals surface area contributed by atoms with E-state index in [1.165, 1.54) is 32.1 Å². The van der Waals surface area contributed by atoms with Crippen LogP contribution in [-0.2, 0) is 4.74 Å². The smallest absolute Gasteiger partial charge is 0.105 e. The number of nitriles is 1. The molecule has 1 heterocycles. The maximum atomic E-state index is 9.46. The molecule has 0 aromatic carbocycles. The Labute approximate surface area is 123 Å². The fourth-order valence-electron chi connectivity index (χ4n) is 3.01. The van der Waals surface area contributed by atoms with Crippen LogP contribution in [0.3, 0.4) is 0 Å². The second-order valence-corrected chi connectivity index (χ2v) is 6.84. The second kappa shape index (κ2) is 6.89. The van der Waals surface area contributed by atoms with E-state index in [-0.39, 0.29) is 0 Å². The lowest BCUT2D eigenvalue weighted by Crippen LogP contribution is -2.48. The molecule has 114 valence electrons. The number of hydrogen-bond donors (Lipinski definition) is 1. The zero-order chi connectivity index (χ0) is 14.6. The van der Waals surface area contributed by atoms with Gasteiger partial charge in [-0.05, 0) is 59.4 Å². The van der Waals surface area contributed by atoms with Gasteiger partial charge in [-0.15, -0.1) is 0 Å². The molecule has 0 spiro atoms. The van der Waals surface area contributed by atoms with Gasteiger partial charge >= 0.3 is 0 Å². The van der Waals surface area contributed by atoms with Crippen molar-refractivity contribution in [3.63, 3.8) is 0 Å². The quantitative estimate of drug-likeness (QED) is 0.777. The fourth-order valence-corrected chi connectivity index (χ4v) is 3.01. The Bertz CT molecular complexity index is 344. The molecule has 0 aromatic rings. The molecule has 1 aliphatic carbocycles. The van der Waals surface area contributed by atoms with Gasteiger partial charge in [-0.3, -0.25) is 5.32 Å². The molecule has 1 saturated heterocycles. The lowest BCUT2D eigenvalue weighted by Gasteiger charge is -2.34. The molecule has 2 aliphatic rings. The van der Waals surface area contributed by atoms with E-state index in [0.717, 1.165) is 19.6 Å². The van der Waals surface area contributed by atoms with Crippen LogP contribution >= 0.6 is 0 Å². The van der Waals surface area contributed by atoms with Crippen LogP contribution in [0.2, 0.25) is 0 Å². The van der Waals surface area contributed by atoms with Crippen LogP contribution in [0.5, 0.6) is 0 Å². The molecule has 0 aromatic heterocycles. The third-order valence-corrected chi connectivity index (χ3v) is 4.57. The van der Waals surface area contributed by atoms with Gasteiger partial charge in [0.2, 0.25) is 0 Å². The van der Waals surface area contributed by atoms with E-state index in [2.05, 4.69) is 30.3 Å². The molecule has 0 amide bonds. The Morgan fingerprint density at radius 1 is 1.40 bits per heavy atom. The topological polar surface area (TPSA) is 48.3 Å². The van der Waals surface area contributed by atoms with Crippen LogP contribution in [0, 0.1) is 11.3 Å². The van der Waals surface area contributed by atoms with Crippen molar-refractivity contribution in [2.45, 2.75) is 76.1 Å². The van der Waals surface area contributed by atoms with Crippen molar-refractivity contribution >= 4 is 0 Å². The summed E-state index contributed by atoms with van der Waals surface area (Å²) in [6.45, 7) is 6.14. The summed E-state index contributed by atoms with van der Waals surface area (Å²) in [5.41, 5.74) is -0.401. The third-order valence-electron chi connectivity index (χ3n) is 4.57. The maximum Gasteiger partial charge on any atom is 0.105 e. The van der Waals surface area contributed by atoms with Gasteiger partial charge in [-0.2, -0.15) is 5.26 Å². The molecule has 1 saturated carbocycles. The Morgan fingerprint density at radius 2 is 2.15 bits per heavy atom. The minimum absolute atomic E-state index is 0.376. The highest BCUT2D eigenvalue weighted by molar-refractivity contribution is 5.08. The fraction of sp³-hybridized carbons (Fsp3) is 0.938. The molecule has 4 heteroatoms. The van der Waals surface area contributed by atoms with E-state index in [4.69, 9.17) is 4.74 Å². The minimum Gasteiger partial charge on any atom is -0.377 e. The summed E-state index contributed by atoms with van der Waals surface area (Å²) in [5, 5.41) is 12.9. The lowest BCUT2D eigenvalue weighted by atomic mass is 9.94. The number of hydrogen-bond acceptors (Lipinski definition) is 4. The van der Waals surface area contributed by atoms with Gasteiger partial charge in [-0.25, -0.2) is 0 Å². The molecule has 20 heavy (non-hydrogen) atoms. The largest absolute Gasteiger partial charge is 0.377 e. The first-order valence-electron chi connectivity index (χ1n) is 8.03. The standard InChI is InChI=1S/C16H29N3O/c1-13(10-16(2,12-17)18-14-7-8-14)19(3)11-15-6-4-5-9-20-15/h13-15,18H,4-11H2,1-3H3. The van der Waals surface area contributed by atoms with Crippen molar-refractivity contribution < 1.29 is 4.74 Å². The van der Waals surface area contributed by atoms with Crippen molar-refractivity contribution in [1.29, 1.82) is 5.26 Å². The molecular formula is C16H29N3O. The third kappa shape index (κ3) is 4.73. The number of ether oxygens (including phenoxy) is 1. The summed E-state index contributed by atoms with van der Waals surface area (Å²) in [6, 6.07) is 3.42. The molecule has 2 fully saturated rings. The molecular weight excluding hydrogens is 250 g/mol. The van der Waals surface area contributed by atoms with E-state index in [1.54, 1.807) is 0 Å². The number of nitrogens with zero attached hydrogens (tertiary/aromatic N) is 2. The van der Waals surface area contributed by atoms with E-state index in [1.807, 2.05) is 6.92 Å². The molecule has 4 nitrogen and oxygen atoms in total. The molecule has 3 unspecified atom stereocenters. The summed E-state index contributed by atoms with van der Waals surface area (Å²) in [7, 11) is 2.15. The van der Waals surface area contributed by atoms with E-state index in [0.29, 0.717) is 18.2 Å². The van der Waals surface area contributed by atoms with Crippen molar-refractivity contribution in [1.82, 2.24) is 10.2 Å². The highest BCUT2D eigenvalue weighted by Crippen LogP contribution is 2.25. The highest BCUT2D eigenvalue weighted by atomic mass is 16.5. The molecule has 0 bridgehead atoms. The van der Waals surface area contributed by atoms with Crippen molar-refractivity contribution in [2.75, 3.05) is 20.2 Å². The first-order valence-corrected chi connectivity index (χ1v) is 8.03. The number of nitrogens with one attached hydrogen (secondary N) is 1. The Balaban J connectivity index is 1.79. The van der Waals surface area contributed by atoms with Crippen LogP contribution in [0.25, 0.3) is 0 Å². The summed E-state index contributed by atoms with van der Waals surface area (Å²) in [5.74, 6) is 0. The van der Waals surface area contributed by atoms with Gasteiger partial charge in [0.1, 0.15) is 5.54 Å². The van der Waals surface area contributed by atoms with Crippen molar-refractivity contribution in [2.24, 2.45) is 0 Å². The monoisotopic (exact) mass is 279 g/mol. The van der Waals surface area contributed by atoms with Gasteiger partial charge in [-0.1, -0.05) is 0 Å². The van der Waals surface area contributed by atoms with Gasteiger partial charge in [0.05, 0.1) is 12.2 Å². The molecule has 0 radical (unpaired) electrons. The van der Waals surface area contributed by atoms with Crippen LogP contribution < -0.4 is 5.32 Å². The van der Waals surface area contributed by atoms with Crippen LogP contribution in [0.1, 0.15) is 52.4 Å². The van der Waals surface area contributed by atoms with Gasteiger partial charge in [0.25, 0.3) is 0 Å². The average Bonchev–Trinajstić information content (AvgIpc) is 3.23. The van der Waals surface area contributed by atoms with Gasteiger partial charge in [0, 0.05) is 25.2 Å². The average molecular weight is 279 g/mol. The predicted octanol–water partition coefficient (Wildman–Crippen LogP) is 2.30. The zero-order valence-corrected chi connectivity index (χ0v) is 13.2. The summed E-state index contributed by atoms with van der Waals surface area (Å²) < 4.78 is 5.81. The number of likely N-dealkylation sites (N-methyl/N-ethyl adjacent to an activating group) is 1. The van der Waals surface area contributed by atoms with Gasteiger partial charge < -0.3 is 9.64 Å². The summed E-state index contributed by atoms with van der Waals surface area (Å²) >= 11 is 0. The van der Waals surface area contributed by atoms with E-state index in [9.17, 15) is 5.26 Å². The summed E-state index contributed by atoms with van der Waals surface area (Å²) in [6.07, 6.45) is 7.34. The number of rotatable bonds is 7. The molecule has 2 rings (SSSR count). The van der Waals surface area contributed by atoms with E-state index < -0.39 is 5.54 Å². The first-order chi connectivity index (χ1) is 9.52. The van der Waals surface area contributed by atoms with Crippen LogP contribution in [0.15, 0.2) is 0 Å². The molecule has 3 atom stereocenters. The predicted molar refractivity (Wildman–Crippen MR) is 80.5 cm³/mol. The zero-order valence-electron chi connectivity index (χ0n) is 13.2. The maximum absolute atomic E-state index is 9.46. The Hall–Kier alpha value is -0.630. The van der Waals surface area contributed by atoms with Crippen LogP contribution in [-0.4, -0.2) is 48.8 Å². The van der Waals surface area contributed by atoms with Crippen molar-refractivity contribution in [3.05, 3.63) is 0 Å². The van der Waals surface area contributed by atoms with E-state index >= 15 is 0 Å². The first kappa shape index (κ1) is 15.8. The normalized spacial score (nSPS) is 27.9. The summed E-state index contributed by atoms with van der Waals surface area (Å²) in [4.78, 5) is 2.35. The molecule has 1 N–H and O–H groups in total. The van der Waals surface area contributed by atoms with Gasteiger partial charge in [0.15, 0.2) is 0 Å². The Kier molecular flexibility index (Phi) is 5.42. The Morgan fingerprint density at radius 3 is 2.70 bits per heavy atom. The SMILES string of the molecule is CC(CC(C)(C#N)NC1CC1)N(C)CC1CCCCO1. The van der Waals surface area contributed by atoms with Crippen molar-refractivity contribution in [3.8, 4) is 6.07 Å². The lowest BCUT2D eigenvalue weighted by molar-refractivity contribution is -0.00861. The highest BCUT2D eigenvalue weighted by Gasteiger charge is 2.34. The second-order valence-electron chi connectivity index (χ2n) is 6.84. The van der Waals surface area contributed by atoms with Crippen LogP contribution in [0.4, 0.5) is 0 Å².